The number of benzene rings is 1. The minimum atomic E-state index is -0.288. The minimum absolute atomic E-state index is 0. The molecule has 1 heterocycles. The Morgan fingerprint density at radius 3 is 2.48 bits per heavy atom. The van der Waals surface area contributed by atoms with Crippen molar-refractivity contribution in [1.82, 2.24) is 25.3 Å². The van der Waals surface area contributed by atoms with Gasteiger partial charge in [0.25, 0.3) is 0 Å². The van der Waals surface area contributed by atoms with E-state index >= 15 is 0 Å². The number of piperazine rings is 1. The van der Waals surface area contributed by atoms with Gasteiger partial charge in [0.2, 0.25) is 5.91 Å². The van der Waals surface area contributed by atoms with Crippen LogP contribution in [0.3, 0.4) is 0 Å². The van der Waals surface area contributed by atoms with E-state index in [0.717, 1.165) is 70.8 Å². The van der Waals surface area contributed by atoms with Gasteiger partial charge >= 0.3 is 0 Å². The zero-order valence-electron chi connectivity index (χ0n) is 20.8. The van der Waals surface area contributed by atoms with Gasteiger partial charge in [-0.05, 0) is 31.9 Å². The second-order valence-electron chi connectivity index (χ2n) is 9.62. The summed E-state index contributed by atoms with van der Waals surface area (Å²) in [6, 6.07) is 11.3. The molecule has 1 unspecified atom stereocenters. The Morgan fingerprint density at radius 1 is 1.15 bits per heavy atom. The van der Waals surface area contributed by atoms with Crippen LogP contribution in [0.5, 0.6) is 0 Å². The van der Waals surface area contributed by atoms with E-state index in [-0.39, 0.29) is 35.3 Å². The average molecular weight is 571 g/mol. The Balaban J connectivity index is 0.00000385. The monoisotopic (exact) mass is 570 g/mol. The summed E-state index contributed by atoms with van der Waals surface area (Å²) in [4.78, 5) is 23.9. The summed E-state index contributed by atoms with van der Waals surface area (Å²) in [6.45, 7) is 5.85. The van der Waals surface area contributed by atoms with Gasteiger partial charge in [0.15, 0.2) is 5.96 Å². The third-order valence-electron chi connectivity index (χ3n) is 7.03. The van der Waals surface area contributed by atoms with Crippen LogP contribution in [0.25, 0.3) is 0 Å². The average Bonchev–Trinajstić information content (AvgIpc) is 3.29. The maximum Gasteiger partial charge on any atom is 0.230 e. The number of guanidine groups is 1. The maximum absolute atomic E-state index is 12.8. The van der Waals surface area contributed by atoms with Crippen LogP contribution in [0.2, 0.25) is 0 Å². The minimum Gasteiger partial charge on any atom is -0.356 e. The first-order valence-corrected chi connectivity index (χ1v) is 12.1. The summed E-state index contributed by atoms with van der Waals surface area (Å²) >= 11 is 0. The summed E-state index contributed by atoms with van der Waals surface area (Å²) < 4.78 is 0. The molecule has 7 nitrogen and oxygen atoms in total. The third kappa shape index (κ3) is 7.55. The van der Waals surface area contributed by atoms with E-state index in [1.165, 1.54) is 5.56 Å². The molecule has 2 fully saturated rings. The van der Waals surface area contributed by atoms with Gasteiger partial charge in [0.05, 0.1) is 5.41 Å². The molecule has 1 aliphatic heterocycles. The highest BCUT2D eigenvalue weighted by Crippen LogP contribution is 2.38. The Kier molecular flexibility index (Phi) is 11.4. The SMILES string of the molecule is CN=C(NCCCN1CCN(C)CC1c1ccccc1)NCC1(C(=O)N(C)C)CCCC1.I. The maximum atomic E-state index is 12.8. The van der Waals surface area contributed by atoms with Crippen molar-refractivity contribution in [1.29, 1.82) is 0 Å². The molecule has 0 radical (unpaired) electrons. The molecular formula is C25H43IN6O. The Hall–Kier alpha value is -1.39. The zero-order valence-corrected chi connectivity index (χ0v) is 23.2. The molecule has 8 heteroatoms. The Bertz CT molecular complexity index is 751. The molecule has 33 heavy (non-hydrogen) atoms. The van der Waals surface area contributed by atoms with Gasteiger partial charge in [0, 0.05) is 66.5 Å². The number of likely N-dealkylation sites (N-methyl/N-ethyl adjacent to an activating group) is 1. The fraction of sp³-hybridized carbons (Fsp3) is 0.680. The zero-order chi connectivity index (χ0) is 23.0. The van der Waals surface area contributed by atoms with E-state index in [1.54, 1.807) is 11.9 Å². The molecule has 0 aromatic heterocycles. The molecule has 2 aliphatic rings. The first-order chi connectivity index (χ1) is 15.4. The molecule has 1 saturated carbocycles. The van der Waals surface area contributed by atoms with Crippen LogP contribution >= 0.6 is 24.0 Å². The van der Waals surface area contributed by atoms with E-state index in [4.69, 9.17) is 0 Å². The van der Waals surface area contributed by atoms with Gasteiger partial charge in [-0.25, -0.2) is 0 Å². The molecule has 186 valence electrons. The summed E-state index contributed by atoms with van der Waals surface area (Å²) in [5, 5.41) is 6.90. The number of aliphatic imine (C=N–C) groups is 1. The number of hydrogen-bond donors (Lipinski definition) is 2. The lowest BCUT2D eigenvalue weighted by Gasteiger charge is -2.40. The van der Waals surface area contributed by atoms with Crippen LogP contribution in [0, 0.1) is 5.41 Å². The smallest absolute Gasteiger partial charge is 0.230 e. The standard InChI is InChI=1S/C25H42N6O.HI/c1-26-24(28-20-25(13-8-9-14-25)23(32)29(2)3)27-15-10-16-31-18-17-30(4)19-22(31)21-11-6-5-7-12-21;/h5-7,11-12,22H,8-10,13-20H2,1-4H3,(H2,26,27,28);1H. The first kappa shape index (κ1) is 27.9. The quantitative estimate of drug-likeness (QED) is 0.218. The van der Waals surface area contributed by atoms with Crippen molar-refractivity contribution in [2.75, 3.05) is 67.5 Å². The van der Waals surface area contributed by atoms with E-state index in [2.05, 4.69) is 62.8 Å². The van der Waals surface area contributed by atoms with Crippen molar-refractivity contribution >= 4 is 35.8 Å². The van der Waals surface area contributed by atoms with E-state index in [1.807, 2.05) is 14.1 Å². The molecule has 1 aromatic carbocycles. The molecule has 1 atom stereocenters. The number of halogens is 1. The summed E-state index contributed by atoms with van der Waals surface area (Å²) in [5.41, 5.74) is 1.11. The van der Waals surface area contributed by atoms with Crippen molar-refractivity contribution in [3.8, 4) is 0 Å². The first-order valence-electron chi connectivity index (χ1n) is 12.1. The summed E-state index contributed by atoms with van der Waals surface area (Å²) in [5.74, 6) is 1.03. The Morgan fingerprint density at radius 2 is 1.85 bits per heavy atom. The normalized spacial score (nSPS) is 21.3. The van der Waals surface area contributed by atoms with Crippen LogP contribution in [-0.4, -0.2) is 94.0 Å². The van der Waals surface area contributed by atoms with Crippen molar-refractivity contribution in [2.45, 2.75) is 38.1 Å². The lowest BCUT2D eigenvalue weighted by molar-refractivity contribution is -0.138. The highest BCUT2D eigenvalue weighted by atomic mass is 127. The lowest BCUT2D eigenvalue weighted by atomic mass is 9.84. The lowest BCUT2D eigenvalue weighted by Crippen LogP contribution is -2.50. The van der Waals surface area contributed by atoms with Gasteiger partial charge in [-0.1, -0.05) is 43.2 Å². The van der Waals surface area contributed by atoms with Crippen molar-refractivity contribution in [3.05, 3.63) is 35.9 Å². The van der Waals surface area contributed by atoms with Crippen LogP contribution in [0.1, 0.15) is 43.7 Å². The fourth-order valence-electron chi connectivity index (χ4n) is 5.17. The van der Waals surface area contributed by atoms with E-state index in [0.29, 0.717) is 12.6 Å². The van der Waals surface area contributed by atoms with Crippen LogP contribution in [-0.2, 0) is 4.79 Å². The molecule has 0 spiro atoms. The van der Waals surface area contributed by atoms with Crippen molar-refractivity contribution in [2.24, 2.45) is 10.4 Å². The fourth-order valence-corrected chi connectivity index (χ4v) is 5.17. The predicted octanol–water partition coefficient (Wildman–Crippen LogP) is 2.80. The van der Waals surface area contributed by atoms with Crippen molar-refractivity contribution < 1.29 is 4.79 Å². The highest BCUT2D eigenvalue weighted by molar-refractivity contribution is 14.0. The van der Waals surface area contributed by atoms with Crippen LogP contribution in [0.15, 0.2) is 35.3 Å². The van der Waals surface area contributed by atoms with E-state index < -0.39 is 0 Å². The summed E-state index contributed by atoms with van der Waals surface area (Å²) in [7, 11) is 7.73. The van der Waals surface area contributed by atoms with Crippen molar-refractivity contribution in [3.63, 3.8) is 0 Å². The second-order valence-corrected chi connectivity index (χ2v) is 9.62. The number of nitrogens with one attached hydrogen (secondary N) is 2. The molecule has 2 N–H and O–H groups in total. The molecular weight excluding hydrogens is 527 g/mol. The largest absolute Gasteiger partial charge is 0.356 e. The number of rotatable bonds is 8. The molecule has 3 rings (SSSR count). The second kappa shape index (κ2) is 13.5. The molecule has 1 amide bonds. The van der Waals surface area contributed by atoms with Gasteiger partial charge in [-0.2, -0.15) is 0 Å². The number of carbonyl (C=O) groups excluding carboxylic acids is 1. The van der Waals surface area contributed by atoms with Crippen LogP contribution in [0.4, 0.5) is 0 Å². The van der Waals surface area contributed by atoms with Gasteiger partial charge < -0.3 is 20.4 Å². The number of amides is 1. The Labute approximate surface area is 217 Å². The van der Waals surface area contributed by atoms with Crippen LogP contribution < -0.4 is 10.6 Å². The molecule has 0 bridgehead atoms. The number of hydrogen-bond acceptors (Lipinski definition) is 4. The molecule has 1 aliphatic carbocycles. The van der Waals surface area contributed by atoms with E-state index in [9.17, 15) is 4.79 Å². The predicted molar refractivity (Wildman–Crippen MR) is 147 cm³/mol. The highest BCUT2D eigenvalue weighted by Gasteiger charge is 2.42. The molecule has 1 aromatic rings. The number of nitrogens with zero attached hydrogens (tertiary/aromatic N) is 4. The third-order valence-corrected chi connectivity index (χ3v) is 7.03. The van der Waals surface area contributed by atoms with Gasteiger partial charge in [0.1, 0.15) is 0 Å². The van der Waals surface area contributed by atoms with Gasteiger partial charge in [-0.3, -0.25) is 14.7 Å². The topological polar surface area (TPSA) is 63.2 Å². The number of carbonyl (C=O) groups is 1. The molecule has 1 saturated heterocycles. The van der Waals surface area contributed by atoms with Gasteiger partial charge in [-0.15, -0.1) is 24.0 Å². The summed E-state index contributed by atoms with van der Waals surface area (Å²) in [6.07, 6.45) is 5.22.